The van der Waals surface area contributed by atoms with E-state index in [4.69, 9.17) is 5.73 Å². The quantitative estimate of drug-likeness (QED) is 0.675. The van der Waals surface area contributed by atoms with E-state index in [9.17, 15) is 4.79 Å². The minimum atomic E-state index is -0.0643. The standard InChI is InChI=1S/C13H10BrNO/c14-11-7-3-1-5-9(11)13(16)10-6-2-4-8-12(10)15/h1-8H,15H2. The van der Waals surface area contributed by atoms with Crippen LogP contribution in [0.5, 0.6) is 0 Å². The maximum Gasteiger partial charge on any atom is 0.196 e. The van der Waals surface area contributed by atoms with Crippen LogP contribution >= 0.6 is 15.9 Å². The van der Waals surface area contributed by atoms with Crippen molar-refractivity contribution in [3.63, 3.8) is 0 Å². The van der Waals surface area contributed by atoms with Crippen molar-refractivity contribution in [3.8, 4) is 0 Å². The molecule has 16 heavy (non-hydrogen) atoms. The fourth-order valence-electron chi connectivity index (χ4n) is 1.49. The molecule has 0 bridgehead atoms. The summed E-state index contributed by atoms with van der Waals surface area (Å²) in [6.45, 7) is 0. The third-order valence-corrected chi connectivity index (χ3v) is 3.02. The molecule has 0 aliphatic rings. The first-order valence-electron chi connectivity index (χ1n) is 4.84. The molecule has 2 aromatic rings. The smallest absolute Gasteiger partial charge is 0.196 e. The van der Waals surface area contributed by atoms with Gasteiger partial charge in [-0.1, -0.05) is 40.2 Å². The predicted molar refractivity (Wildman–Crippen MR) is 68.4 cm³/mol. The molecule has 0 fully saturated rings. The second kappa shape index (κ2) is 4.49. The topological polar surface area (TPSA) is 43.1 Å². The number of carbonyl (C=O) groups is 1. The molecule has 3 heteroatoms. The van der Waals surface area contributed by atoms with Crippen molar-refractivity contribution in [2.45, 2.75) is 0 Å². The molecular formula is C13H10BrNO. The molecule has 0 aliphatic carbocycles. The van der Waals surface area contributed by atoms with Crippen molar-refractivity contribution < 1.29 is 4.79 Å². The van der Waals surface area contributed by atoms with Gasteiger partial charge in [-0.15, -0.1) is 0 Å². The van der Waals surface area contributed by atoms with Crippen molar-refractivity contribution in [2.24, 2.45) is 0 Å². The first-order valence-corrected chi connectivity index (χ1v) is 5.63. The van der Waals surface area contributed by atoms with Crippen LogP contribution in [0.15, 0.2) is 53.0 Å². The number of nitrogen functional groups attached to an aromatic ring is 1. The van der Waals surface area contributed by atoms with Gasteiger partial charge in [0.15, 0.2) is 5.78 Å². The minimum Gasteiger partial charge on any atom is -0.398 e. The first kappa shape index (κ1) is 10.9. The van der Waals surface area contributed by atoms with Gasteiger partial charge in [-0.05, 0) is 24.3 Å². The largest absolute Gasteiger partial charge is 0.398 e. The van der Waals surface area contributed by atoms with E-state index in [0.717, 1.165) is 4.47 Å². The zero-order chi connectivity index (χ0) is 11.5. The number of anilines is 1. The number of nitrogens with two attached hydrogens (primary N) is 1. The summed E-state index contributed by atoms with van der Waals surface area (Å²) in [4.78, 5) is 12.2. The number of hydrogen-bond acceptors (Lipinski definition) is 2. The number of carbonyl (C=O) groups excluding carboxylic acids is 1. The molecule has 2 N–H and O–H groups in total. The number of para-hydroxylation sites is 1. The lowest BCUT2D eigenvalue weighted by Gasteiger charge is -2.05. The Morgan fingerprint density at radius 2 is 1.50 bits per heavy atom. The van der Waals surface area contributed by atoms with Crippen LogP contribution in [0.4, 0.5) is 5.69 Å². The Morgan fingerprint density at radius 3 is 2.12 bits per heavy atom. The van der Waals surface area contributed by atoms with Gasteiger partial charge in [-0.25, -0.2) is 0 Å². The zero-order valence-corrected chi connectivity index (χ0v) is 10.1. The van der Waals surface area contributed by atoms with E-state index in [1.807, 2.05) is 24.3 Å². The molecule has 80 valence electrons. The lowest BCUT2D eigenvalue weighted by molar-refractivity contribution is 0.103. The maximum atomic E-state index is 12.2. The van der Waals surface area contributed by atoms with Gasteiger partial charge in [-0.2, -0.15) is 0 Å². The average Bonchev–Trinajstić information content (AvgIpc) is 2.29. The molecule has 0 spiro atoms. The molecule has 0 atom stereocenters. The van der Waals surface area contributed by atoms with Crippen LogP contribution < -0.4 is 5.73 Å². The lowest BCUT2D eigenvalue weighted by Crippen LogP contribution is -2.05. The molecule has 0 saturated heterocycles. The summed E-state index contributed by atoms with van der Waals surface area (Å²) >= 11 is 3.36. The van der Waals surface area contributed by atoms with Gasteiger partial charge in [-0.3, -0.25) is 4.79 Å². The van der Waals surface area contributed by atoms with E-state index in [2.05, 4.69) is 15.9 Å². The van der Waals surface area contributed by atoms with Crippen LogP contribution in [-0.4, -0.2) is 5.78 Å². The van der Waals surface area contributed by atoms with Crippen molar-refractivity contribution in [3.05, 3.63) is 64.1 Å². The monoisotopic (exact) mass is 275 g/mol. The van der Waals surface area contributed by atoms with Gasteiger partial charge in [0, 0.05) is 21.3 Å². The summed E-state index contributed by atoms with van der Waals surface area (Å²) in [5, 5.41) is 0. The normalized spacial score (nSPS) is 10.1. The predicted octanol–water partition coefficient (Wildman–Crippen LogP) is 3.26. The molecule has 0 unspecified atom stereocenters. The van der Waals surface area contributed by atoms with E-state index < -0.39 is 0 Å². The van der Waals surface area contributed by atoms with E-state index >= 15 is 0 Å². The Labute approximate surface area is 102 Å². The van der Waals surface area contributed by atoms with Gasteiger partial charge in [0.1, 0.15) is 0 Å². The van der Waals surface area contributed by atoms with E-state index in [1.165, 1.54) is 0 Å². The Kier molecular flexibility index (Phi) is 3.06. The fraction of sp³-hybridized carbons (Fsp3) is 0. The molecule has 2 rings (SSSR count). The van der Waals surface area contributed by atoms with E-state index in [-0.39, 0.29) is 5.78 Å². The van der Waals surface area contributed by atoms with Gasteiger partial charge in [0.2, 0.25) is 0 Å². The molecule has 2 aromatic carbocycles. The van der Waals surface area contributed by atoms with Crippen LogP contribution in [0.1, 0.15) is 15.9 Å². The summed E-state index contributed by atoms with van der Waals surface area (Å²) in [5.74, 6) is -0.0643. The number of hydrogen-bond donors (Lipinski definition) is 1. The van der Waals surface area contributed by atoms with Crippen LogP contribution in [0.2, 0.25) is 0 Å². The first-order chi connectivity index (χ1) is 7.70. The summed E-state index contributed by atoms with van der Waals surface area (Å²) in [5.41, 5.74) is 7.44. The minimum absolute atomic E-state index is 0.0643. The molecule has 0 amide bonds. The lowest BCUT2D eigenvalue weighted by atomic mass is 10.0. The molecule has 2 nitrogen and oxygen atoms in total. The fourth-order valence-corrected chi connectivity index (χ4v) is 1.96. The SMILES string of the molecule is Nc1ccccc1C(=O)c1ccccc1Br. The third-order valence-electron chi connectivity index (χ3n) is 2.32. The summed E-state index contributed by atoms with van der Waals surface area (Å²) in [6, 6.07) is 14.4. The highest BCUT2D eigenvalue weighted by atomic mass is 79.9. The number of halogens is 1. The molecule has 0 aliphatic heterocycles. The molecule has 0 heterocycles. The highest BCUT2D eigenvalue weighted by molar-refractivity contribution is 9.10. The molecular weight excluding hydrogens is 266 g/mol. The highest BCUT2D eigenvalue weighted by Crippen LogP contribution is 2.22. The van der Waals surface area contributed by atoms with Gasteiger partial charge in [0.25, 0.3) is 0 Å². The summed E-state index contributed by atoms with van der Waals surface area (Å²) in [7, 11) is 0. The Morgan fingerprint density at radius 1 is 0.938 bits per heavy atom. The Bertz CT molecular complexity index is 489. The van der Waals surface area contributed by atoms with E-state index in [1.54, 1.807) is 24.3 Å². The van der Waals surface area contributed by atoms with Crippen LogP contribution in [0, 0.1) is 0 Å². The number of rotatable bonds is 2. The summed E-state index contributed by atoms with van der Waals surface area (Å²) < 4.78 is 0.781. The van der Waals surface area contributed by atoms with Gasteiger partial charge < -0.3 is 5.73 Å². The van der Waals surface area contributed by atoms with Crippen LogP contribution in [-0.2, 0) is 0 Å². The van der Waals surface area contributed by atoms with Crippen molar-refractivity contribution in [1.29, 1.82) is 0 Å². The molecule has 0 saturated carbocycles. The maximum absolute atomic E-state index is 12.2. The average molecular weight is 276 g/mol. The summed E-state index contributed by atoms with van der Waals surface area (Å²) in [6.07, 6.45) is 0. The second-order valence-corrected chi connectivity index (χ2v) is 4.25. The van der Waals surface area contributed by atoms with Crippen LogP contribution in [0.3, 0.4) is 0 Å². The van der Waals surface area contributed by atoms with Crippen LogP contribution in [0.25, 0.3) is 0 Å². The van der Waals surface area contributed by atoms with Crippen molar-refractivity contribution >= 4 is 27.4 Å². The Balaban J connectivity index is 2.48. The Hall–Kier alpha value is -1.61. The van der Waals surface area contributed by atoms with Crippen molar-refractivity contribution in [1.82, 2.24) is 0 Å². The van der Waals surface area contributed by atoms with E-state index in [0.29, 0.717) is 16.8 Å². The molecule has 0 radical (unpaired) electrons. The zero-order valence-electron chi connectivity index (χ0n) is 8.48. The van der Waals surface area contributed by atoms with Crippen molar-refractivity contribution in [2.75, 3.05) is 5.73 Å². The molecule has 0 aromatic heterocycles. The number of ketones is 1. The second-order valence-electron chi connectivity index (χ2n) is 3.40. The van der Waals surface area contributed by atoms with Gasteiger partial charge >= 0.3 is 0 Å². The van der Waals surface area contributed by atoms with Gasteiger partial charge in [0.05, 0.1) is 0 Å². The highest BCUT2D eigenvalue weighted by Gasteiger charge is 2.13. The third kappa shape index (κ3) is 1.99. The number of benzene rings is 2.